The van der Waals surface area contributed by atoms with Crippen molar-refractivity contribution in [2.45, 2.75) is 50.6 Å². The first-order chi connectivity index (χ1) is 8.92. The minimum Gasteiger partial charge on any atom is -0.326 e. The number of hydrogen-bond donors (Lipinski definition) is 2. The van der Waals surface area contributed by atoms with E-state index in [0.29, 0.717) is 23.3 Å². The van der Waals surface area contributed by atoms with E-state index in [1.807, 2.05) is 0 Å². The molecular formula is C13H22N2O2S2. The van der Waals surface area contributed by atoms with Gasteiger partial charge in [-0.3, -0.25) is 0 Å². The Balaban J connectivity index is 2.05. The van der Waals surface area contributed by atoms with Crippen molar-refractivity contribution in [2.24, 2.45) is 17.6 Å². The molecule has 0 amide bonds. The molecule has 1 saturated carbocycles. The summed E-state index contributed by atoms with van der Waals surface area (Å²) in [6.45, 7) is 4.82. The molecule has 0 saturated heterocycles. The maximum atomic E-state index is 12.3. The van der Waals surface area contributed by atoms with Crippen molar-refractivity contribution in [3.8, 4) is 0 Å². The summed E-state index contributed by atoms with van der Waals surface area (Å²) in [5.41, 5.74) is 5.52. The Labute approximate surface area is 119 Å². The topological polar surface area (TPSA) is 72.2 Å². The van der Waals surface area contributed by atoms with E-state index >= 15 is 0 Å². The van der Waals surface area contributed by atoms with Gasteiger partial charge in [-0.2, -0.15) is 0 Å². The third-order valence-corrected chi connectivity index (χ3v) is 6.67. The molecule has 1 fully saturated rings. The predicted molar refractivity (Wildman–Crippen MR) is 78.5 cm³/mol. The van der Waals surface area contributed by atoms with Crippen LogP contribution in [0.25, 0.3) is 0 Å². The molecule has 0 aromatic carbocycles. The van der Waals surface area contributed by atoms with Gasteiger partial charge < -0.3 is 5.73 Å². The first-order valence-electron chi connectivity index (χ1n) is 6.72. The molecule has 0 bridgehead atoms. The van der Waals surface area contributed by atoms with Gasteiger partial charge in [0.1, 0.15) is 0 Å². The lowest BCUT2D eigenvalue weighted by atomic mass is 9.79. The average molecular weight is 302 g/mol. The van der Waals surface area contributed by atoms with Crippen molar-refractivity contribution in [2.75, 3.05) is 0 Å². The van der Waals surface area contributed by atoms with E-state index < -0.39 is 10.0 Å². The number of nitrogens with two attached hydrogens (primary N) is 1. The number of hydrogen-bond acceptors (Lipinski definition) is 4. The van der Waals surface area contributed by atoms with Gasteiger partial charge in [-0.15, -0.1) is 11.3 Å². The summed E-state index contributed by atoms with van der Waals surface area (Å²) in [4.78, 5) is 1.25. The van der Waals surface area contributed by atoms with Gasteiger partial charge in [0.2, 0.25) is 10.0 Å². The molecule has 2 rings (SSSR count). The maximum Gasteiger partial charge on any atom is 0.241 e. The molecule has 0 radical (unpaired) electrons. The van der Waals surface area contributed by atoms with Gasteiger partial charge in [0.05, 0.1) is 4.90 Å². The largest absolute Gasteiger partial charge is 0.326 e. The van der Waals surface area contributed by atoms with Crippen LogP contribution in [0.2, 0.25) is 0 Å². The summed E-state index contributed by atoms with van der Waals surface area (Å²) in [6, 6.07) is 1.74. The van der Waals surface area contributed by atoms with Crippen LogP contribution < -0.4 is 10.5 Å². The Morgan fingerprint density at radius 1 is 1.37 bits per heavy atom. The van der Waals surface area contributed by atoms with Gasteiger partial charge >= 0.3 is 0 Å². The first kappa shape index (κ1) is 15.0. The molecule has 6 heteroatoms. The van der Waals surface area contributed by atoms with E-state index in [0.717, 1.165) is 24.1 Å². The van der Waals surface area contributed by atoms with Crippen LogP contribution in [-0.4, -0.2) is 14.5 Å². The molecule has 3 N–H and O–H groups in total. The fourth-order valence-corrected chi connectivity index (χ4v) is 4.99. The number of rotatable bonds is 4. The van der Waals surface area contributed by atoms with Gasteiger partial charge in [-0.05, 0) is 37.2 Å². The van der Waals surface area contributed by atoms with Crippen molar-refractivity contribution >= 4 is 21.4 Å². The molecule has 3 unspecified atom stereocenters. The Morgan fingerprint density at radius 3 is 2.68 bits per heavy atom. The minimum atomic E-state index is -3.39. The molecule has 1 aliphatic carbocycles. The zero-order chi connectivity index (χ0) is 14.0. The molecular weight excluding hydrogens is 280 g/mol. The highest BCUT2D eigenvalue weighted by Gasteiger charge is 2.28. The maximum absolute atomic E-state index is 12.3. The van der Waals surface area contributed by atoms with Gasteiger partial charge in [-0.1, -0.05) is 13.8 Å². The van der Waals surface area contributed by atoms with Gasteiger partial charge in [0, 0.05) is 22.8 Å². The van der Waals surface area contributed by atoms with Crippen LogP contribution >= 0.6 is 11.3 Å². The van der Waals surface area contributed by atoms with E-state index in [2.05, 4.69) is 18.6 Å². The molecule has 108 valence electrons. The van der Waals surface area contributed by atoms with Crippen LogP contribution in [-0.2, 0) is 16.6 Å². The predicted octanol–water partition coefficient (Wildman–Crippen LogP) is 2.31. The molecule has 0 spiro atoms. The summed E-state index contributed by atoms with van der Waals surface area (Å²) >= 11 is 1.40. The zero-order valence-corrected chi connectivity index (χ0v) is 13.1. The molecule has 4 nitrogen and oxygen atoms in total. The Bertz CT molecular complexity index is 525. The molecule has 3 atom stereocenters. The van der Waals surface area contributed by atoms with Crippen molar-refractivity contribution in [3.63, 3.8) is 0 Å². The molecule has 1 aromatic rings. The van der Waals surface area contributed by atoms with Crippen LogP contribution in [0.1, 0.15) is 38.0 Å². The van der Waals surface area contributed by atoms with Crippen LogP contribution in [0.5, 0.6) is 0 Å². The highest BCUT2D eigenvalue weighted by molar-refractivity contribution is 7.89. The van der Waals surface area contributed by atoms with E-state index in [1.54, 1.807) is 11.4 Å². The second-order valence-corrected chi connectivity index (χ2v) is 8.25. The highest BCUT2D eigenvalue weighted by atomic mass is 32.2. The fourth-order valence-electron chi connectivity index (χ4n) is 2.55. The minimum absolute atomic E-state index is 0.0671. The Morgan fingerprint density at radius 2 is 2.11 bits per heavy atom. The van der Waals surface area contributed by atoms with Crippen LogP contribution in [0.4, 0.5) is 0 Å². The average Bonchev–Trinajstić information content (AvgIpc) is 2.83. The third kappa shape index (κ3) is 3.56. The quantitative estimate of drug-likeness (QED) is 0.896. The van der Waals surface area contributed by atoms with Crippen molar-refractivity contribution < 1.29 is 8.42 Å². The van der Waals surface area contributed by atoms with E-state index in [-0.39, 0.29) is 6.04 Å². The molecule has 1 heterocycles. The highest BCUT2D eigenvalue weighted by Crippen LogP contribution is 2.30. The van der Waals surface area contributed by atoms with E-state index in [9.17, 15) is 8.42 Å². The molecule has 1 aliphatic rings. The summed E-state index contributed by atoms with van der Waals surface area (Å²) in [5, 5.41) is 1.67. The summed E-state index contributed by atoms with van der Waals surface area (Å²) in [7, 11) is -3.39. The second kappa shape index (κ2) is 5.91. The lowest BCUT2D eigenvalue weighted by Crippen LogP contribution is -2.39. The van der Waals surface area contributed by atoms with Crippen molar-refractivity contribution in [3.05, 3.63) is 16.3 Å². The summed E-state index contributed by atoms with van der Waals surface area (Å²) in [6.07, 6.45) is 2.94. The van der Waals surface area contributed by atoms with Gasteiger partial charge in [-0.25, -0.2) is 13.1 Å². The monoisotopic (exact) mass is 302 g/mol. The Kier molecular flexibility index (Phi) is 4.66. The fraction of sp³-hybridized carbons (Fsp3) is 0.692. The van der Waals surface area contributed by atoms with Crippen LogP contribution in [0.3, 0.4) is 0 Å². The summed E-state index contributed by atoms with van der Waals surface area (Å²) in [5.74, 6) is 1.26. The van der Waals surface area contributed by atoms with Crippen molar-refractivity contribution in [1.82, 2.24) is 4.72 Å². The number of thiophene rings is 1. The Hall–Kier alpha value is -0.430. The van der Waals surface area contributed by atoms with Crippen LogP contribution in [0, 0.1) is 11.8 Å². The molecule has 1 aromatic heterocycles. The van der Waals surface area contributed by atoms with Crippen molar-refractivity contribution in [1.29, 1.82) is 0 Å². The lowest BCUT2D eigenvalue weighted by Gasteiger charge is -2.32. The summed E-state index contributed by atoms with van der Waals surface area (Å²) < 4.78 is 27.4. The first-order valence-corrected chi connectivity index (χ1v) is 9.08. The zero-order valence-electron chi connectivity index (χ0n) is 11.4. The molecule has 19 heavy (non-hydrogen) atoms. The lowest BCUT2D eigenvalue weighted by molar-refractivity contribution is 0.242. The normalized spacial score (nSPS) is 28.5. The number of nitrogens with one attached hydrogen (secondary N) is 1. The third-order valence-electron chi connectivity index (χ3n) is 4.06. The molecule has 0 aliphatic heterocycles. The van der Waals surface area contributed by atoms with Gasteiger partial charge in [0.15, 0.2) is 0 Å². The van der Waals surface area contributed by atoms with Crippen LogP contribution in [0.15, 0.2) is 16.3 Å². The smallest absolute Gasteiger partial charge is 0.241 e. The number of sulfonamides is 1. The van der Waals surface area contributed by atoms with E-state index in [1.165, 1.54) is 11.3 Å². The van der Waals surface area contributed by atoms with E-state index in [4.69, 9.17) is 5.73 Å². The van der Waals surface area contributed by atoms with Gasteiger partial charge in [0.25, 0.3) is 0 Å². The second-order valence-electron chi connectivity index (χ2n) is 5.54. The SMILES string of the molecule is CC1CCC(NS(=O)(=O)c2csc(CN)c2)CC1C. The standard InChI is InChI=1S/C13H22N2O2S2/c1-9-3-4-11(5-10(9)2)15-19(16,17)13-6-12(7-14)18-8-13/h6,8-11,15H,3-5,7,14H2,1-2H3.